The number of carboxylic acids is 1. The fourth-order valence-corrected chi connectivity index (χ4v) is 2.97. The maximum Gasteiger partial charge on any atom is 0.490 e. The highest BCUT2D eigenvalue weighted by Gasteiger charge is 2.38. The minimum atomic E-state index is -5.08. The van der Waals surface area contributed by atoms with Crippen molar-refractivity contribution in [1.29, 1.82) is 0 Å². The van der Waals surface area contributed by atoms with Crippen molar-refractivity contribution in [3.63, 3.8) is 0 Å². The molecule has 9 nitrogen and oxygen atoms in total. The van der Waals surface area contributed by atoms with Crippen molar-refractivity contribution >= 4 is 40.4 Å². The molecule has 1 aliphatic carbocycles. The second-order valence-electron chi connectivity index (χ2n) is 7.71. The summed E-state index contributed by atoms with van der Waals surface area (Å²) < 4.78 is 69.4. The SMILES string of the molecule is O=C(NC1CCC1)c1ccc(Nc2nc(NCC(F)(F)F)c3cc[nH]c3n2)cc1.O=C(O)C(F)(F)F. The summed E-state index contributed by atoms with van der Waals surface area (Å²) in [6.07, 6.45) is -4.71. The molecule has 0 atom stereocenters. The van der Waals surface area contributed by atoms with Crippen LogP contribution in [-0.4, -0.2) is 56.9 Å². The number of H-pyrrole nitrogens is 1. The van der Waals surface area contributed by atoms with E-state index in [2.05, 4.69) is 30.9 Å². The molecule has 1 aliphatic rings. The highest BCUT2D eigenvalue weighted by Crippen LogP contribution is 2.25. The number of hydrogen-bond acceptors (Lipinski definition) is 6. The lowest BCUT2D eigenvalue weighted by Gasteiger charge is -2.26. The van der Waals surface area contributed by atoms with Crippen LogP contribution in [0.4, 0.5) is 43.8 Å². The second-order valence-corrected chi connectivity index (χ2v) is 7.71. The lowest BCUT2D eigenvalue weighted by atomic mass is 9.93. The molecule has 2 heterocycles. The van der Waals surface area contributed by atoms with E-state index < -0.39 is 24.9 Å². The van der Waals surface area contributed by atoms with E-state index in [1.807, 2.05) is 0 Å². The Labute approximate surface area is 199 Å². The van der Waals surface area contributed by atoms with Crippen molar-refractivity contribution in [3.05, 3.63) is 42.1 Å². The summed E-state index contributed by atoms with van der Waals surface area (Å²) in [6, 6.07) is 8.59. The Morgan fingerprint density at radius 2 is 1.67 bits per heavy atom. The topological polar surface area (TPSA) is 132 Å². The van der Waals surface area contributed by atoms with Gasteiger partial charge in [0, 0.05) is 23.5 Å². The summed E-state index contributed by atoms with van der Waals surface area (Å²) in [4.78, 5) is 32.4. The fourth-order valence-electron chi connectivity index (χ4n) is 2.97. The highest BCUT2D eigenvalue weighted by atomic mass is 19.4. The van der Waals surface area contributed by atoms with Gasteiger partial charge in [0.2, 0.25) is 5.95 Å². The van der Waals surface area contributed by atoms with Gasteiger partial charge in [-0.3, -0.25) is 4.79 Å². The number of aliphatic carboxylic acids is 1. The van der Waals surface area contributed by atoms with Gasteiger partial charge < -0.3 is 26.0 Å². The van der Waals surface area contributed by atoms with E-state index in [0.29, 0.717) is 22.3 Å². The summed E-state index contributed by atoms with van der Waals surface area (Å²) in [7, 11) is 0. The summed E-state index contributed by atoms with van der Waals surface area (Å²) in [6.45, 7) is -1.20. The van der Waals surface area contributed by atoms with Crippen LogP contribution in [0.5, 0.6) is 0 Å². The lowest BCUT2D eigenvalue weighted by Crippen LogP contribution is -2.39. The molecule has 0 unspecified atom stereocenters. The van der Waals surface area contributed by atoms with E-state index in [4.69, 9.17) is 9.90 Å². The summed E-state index contributed by atoms with van der Waals surface area (Å²) in [5.74, 6) is -2.67. The van der Waals surface area contributed by atoms with Gasteiger partial charge in [-0.05, 0) is 49.6 Å². The van der Waals surface area contributed by atoms with Crippen LogP contribution in [0.3, 0.4) is 0 Å². The molecule has 2 aromatic heterocycles. The first-order valence-electron chi connectivity index (χ1n) is 10.5. The third-order valence-corrected chi connectivity index (χ3v) is 4.96. The number of nitrogens with one attached hydrogen (secondary N) is 4. The molecule has 5 N–H and O–H groups in total. The molecule has 1 saturated carbocycles. The predicted octanol–water partition coefficient (Wildman–Crippen LogP) is 4.59. The van der Waals surface area contributed by atoms with Crippen molar-refractivity contribution in [2.75, 3.05) is 17.2 Å². The Hall–Kier alpha value is -4.04. The zero-order chi connectivity index (χ0) is 26.5. The number of aromatic amines is 1. The molecular weight excluding hydrogens is 498 g/mol. The van der Waals surface area contributed by atoms with Gasteiger partial charge in [-0.1, -0.05) is 0 Å². The monoisotopic (exact) mass is 518 g/mol. The Kier molecular flexibility index (Phi) is 7.90. The van der Waals surface area contributed by atoms with Crippen LogP contribution >= 0.6 is 0 Å². The van der Waals surface area contributed by atoms with E-state index in [1.54, 1.807) is 36.5 Å². The Bertz CT molecular complexity index is 1210. The molecule has 3 aromatic rings. The molecule has 0 saturated heterocycles. The fraction of sp³-hybridized carbons (Fsp3) is 0.333. The van der Waals surface area contributed by atoms with Crippen LogP contribution in [0, 0.1) is 0 Å². The van der Waals surface area contributed by atoms with E-state index in [0.717, 1.165) is 19.3 Å². The maximum absolute atomic E-state index is 12.6. The minimum Gasteiger partial charge on any atom is -0.475 e. The van der Waals surface area contributed by atoms with Gasteiger partial charge in [-0.25, -0.2) is 4.79 Å². The molecule has 0 spiro atoms. The Morgan fingerprint density at radius 3 is 2.19 bits per heavy atom. The van der Waals surface area contributed by atoms with Crippen molar-refractivity contribution < 1.29 is 41.0 Å². The van der Waals surface area contributed by atoms with Gasteiger partial charge in [0.15, 0.2) is 0 Å². The number of aromatic nitrogens is 3. The quantitative estimate of drug-likeness (QED) is 0.302. The largest absolute Gasteiger partial charge is 0.490 e. The predicted molar refractivity (Wildman–Crippen MR) is 117 cm³/mol. The number of alkyl halides is 6. The molecule has 0 radical (unpaired) electrons. The van der Waals surface area contributed by atoms with Crippen LogP contribution in [0.2, 0.25) is 0 Å². The average molecular weight is 518 g/mol. The van der Waals surface area contributed by atoms with Crippen LogP contribution in [-0.2, 0) is 4.79 Å². The number of halogens is 6. The maximum atomic E-state index is 12.6. The molecule has 15 heteroatoms. The van der Waals surface area contributed by atoms with E-state index >= 15 is 0 Å². The minimum absolute atomic E-state index is 0.0765. The van der Waals surface area contributed by atoms with Gasteiger partial charge in [0.05, 0.1) is 5.39 Å². The van der Waals surface area contributed by atoms with Crippen molar-refractivity contribution in [1.82, 2.24) is 20.3 Å². The van der Waals surface area contributed by atoms with E-state index in [9.17, 15) is 31.1 Å². The second kappa shape index (κ2) is 10.7. The third-order valence-electron chi connectivity index (χ3n) is 4.96. The Morgan fingerprint density at radius 1 is 1.03 bits per heavy atom. The first-order chi connectivity index (χ1) is 16.8. The number of anilines is 3. The van der Waals surface area contributed by atoms with E-state index in [1.165, 1.54) is 0 Å². The van der Waals surface area contributed by atoms with Crippen LogP contribution < -0.4 is 16.0 Å². The summed E-state index contributed by atoms with van der Waals surface area (Å²) in [5.41, 5.74) is 1.55. The highest BCUT2D eigenvalue weighted by molar-refractivity contribution is 5.95. The molecule has 1 fully saturated rings. The number of carbonyl (C=O) groups is 2. The number of carbonyl (C=O) groups excluding carboxylic acids is 1. The van der Waals surface area contributed by atoms with Crippen molar-refractivity contribution in [2.24, 2.45) is 0 Å². The number of hydrogen-bond donors (Lipinski definition) is 5. The number of rotatable bonds is 6. The van der Waals surface area contributed by atoms with Gasteiger partial charge >= 0.3 is 18.3 Å². The number of benzene rings is 1. The first-order valence-corrected chi connectivity index (χ1v) is 10.5. The molecule has 1 aromatic carbocycles. The standard InChI is InChI=1S/C19H19F3N6O.C2HF3O2/c20-19(21,22)10-24-16-14-8-9-23-15(14)27-18(28-16)26-13-6-4-11(5-7-13)17(29)25-12-2-1-3-12;3-2(4,5)1(6)7/h4-9,12H,1-3,10H2,(H,25,29)(H3,23,24,26,27,28);(H,6,7). The zero-order valence-corrected chi connectivity index (χ0v) is 18.3. The van der Waals surface area contributed by atoms with Crippen LogP contribution in [0.1, 0.15) is 29.6 Å². The molecule has 4 rings (SSSR count). The van der Waals surface area contributed by atoms with Crippen LogP contribution in [0.15, 0.2) is 36.5 Å². The normalized spacial score (nSPS) is 13.8. The lowest BCUT2D eigenvalue weighted by molar-refractivity contribution is -0.192. The number of carboxylic acid groups (broad SMARTS) is 1. The molecule has 0 bridgehead atoms. The van der Waals surface area contributed by atoms with Gasteiger partial charge in [0.25, 0.3) is 5.91 Å². The van der Waals surface area contributed by atoms with Crippen LogP contribution in [0.25, 0.3) is 11.0 Å². The molecule has 36 heavy (non-hydrogen) atoms. The Balaban J connectivity index is 0.000000454. The average Bonchev–Trinajstić information content (AvgIpc) is 3.23. The zero-order valence-electron chi connectivity index (χ0n) is 18.3. The summed E-state index contributed by atoms with van der Waals surface area (Å²) in [5, 5.41) is 15.8. The molecular formula is C21H20F6N6O3. The van der Waals surface area contributed by atoms with Gasteiger partial charge in [-0.15, -0.1) is 0 Å². The number of amides is 1. The number of fused-ring (bicyclic) bond motifs is 1. The first kappa shape index (κ1) is 26.6. The van der Waals surface area contributed by atoms with E-state index in [-0.39, 0.29) is 23.7 Å². The smallest absolute Gasteiger partial charge is 0.475 e. The van der Waals surface area contributed by atoms with Crippen molar-refractivity contribution in [3.8, 4) is 0 Å². The van der Waals surface area contributed by atoms with Gasteiger partial charge in [0.1, 0.15) is 18.0 Å². The number of nitrogens with zero attached hydrogens (tertiary/aromatic N) is 2. The summed E-state index contributed by atoms with van der Waals surface area (Å²) >= 11 is 0. The van der Waals surface area contributed by atoms with Gasteiger partial charge in [-0.2, -0.15) is 36.3 Å². The molecule has 0 aliphatic heterocycles. The third kappa shape index (κ3) is 7.48. The molecule has 1 amide bonds. The molecule has 194 valence electrons. The van der Waals surface area contributed by atoms with Crippen molar-refractivity contribution in [2.45, 2.75) is 37.7 Å².